The van der Waals surface area contributed by atoms with Gasteiger partial charge in [-0.15, -0.1) is 0 Å². The third-order valence-electron chi connectivity index (χ3n) is 1.90. The Hall–Kier alpha value is -0.710. The molecule has 18 heavy (non-hydrogen) atoms. The van der Waals surface area contributed by atoms with Gasteiger partial charge in [0.05, 0.1) is 19.8 Å². The molecule has 0 fully saturated rings. The first kappa shape index (κ1) is 17.3. The predicted octanol–water partition coefficient (Wildman–Crippen LogP) is 2.42. The molecule has 0 aromatic heterocycles. The van der Waals surface area contributed by atoms with Crippen molar-refractivity contribution in [2.24, 2.45) is 5.92 Å². The minimum Gasteiger partial charge on any atom is -0.465 e. The smallest absolute Gasteiger partial charge is 0.399 e. The standard InChI is InChI=1S/C11H21O6P/c1-5-9(10(12)14-6-2)11(13)17-18(15-7-3)16-8-4/h9H,5-8H2,1-4H3. The number of esters is 1. The Morgan fingerprint density at radius 2 is 1.50 bits per heavy atom. The molecule has 0 rings (SSSR count). The summed E-state index contributed by atoms with van der Waals surface area (Å²) >= 11 is 0. The second kappa shape index (κ2) is 10.2. The lowest BCUT2D eigenvalue weighted by Crippen LogP contribution is -2.26. The summed E-state index contributed by atoms with van der Waals surface area (Å²) in [5.41, 5.74) is 0. The number of hydrogen-bond donors (Lipinski definition) is 0. The lowest BCUT2D eigenvalue weighted by molar-refractivity contribution is -0.157. The van der Waals surface area contributed by atoms with Crippen LogP contribution in [0.15, 0.2) is 0 Å². The van der Waals surface area contributed by atoms with Gasteiger partial charge >= 0.3 is 20.5 Å². The summed E-state index contributed by atoms with van der Waals surface area (Å²) in [4.78, 5) is 23.3. The molecule has 7 heteroatoms. The van der Waals surface area contributed by atoms with E-state index in [4.69, 9.17) is 18.3 Å². The quantitative estimate of drug-likeness (QED) is 0.367. The molecule has 1 unspecified atom stereocenters. The molecular weight excluding hydrogens is 259 g/mol. The van der Waals surface area contributed by atoms with Gasteiger partial charge in [0.25, 0.3) is 0 Å². The Morgan fingerprint density at radius 1 is 0.944 bits per heavy atom. The number of carbonyl (C=O) groups excluding carboxylic acids is 2. The van der Waals surface area contributed by atoms with E-state index in [2.05, 4.69) is 0 Å². The first-order valence-electron chi connectivity index (χ1n) is 6.04. The monoisotopic (exact) mass is 280 g/mol. The normalized spacial score (nSPS) is 12.3. The van der Waals surface area contributed by atoms with E-state index < -0.39 is 26.5 Å². The fraction of sp³-hybridized carbons (Fsp3) is 0.818. The van der Waals surface area contributed by atoms with E-state index in [1.807, 2.05) is 0 Å². The van der Waals surface area contributed by atoms with Gasteiger partial charge in [0, 0.05) is 0 Å². The summed E-state index contributed by atoms with van der Waals surface area (Å²) in [6.45, 7) is 7.91. The minimum absolute atomic E-state index is 0.230. The van der Waals surface area contributed by atoms with Crippen LogP contribution in [0.4, 0.5) is 0 Å². The zero-order chi connectivity index (χ0) is 14.0. The molecule has 0 aliphatic carbocycles. The highest BCUT2D eigenvalue weighted by Crippen LogP contribution is 2.40. The Balaban J connectivity index is 4.43. The van der Waals surface area contributed by atoms with Gasteiger partial charge in [0.2, 0.25) is 0 Å². The Bertz CT molecular complexity index is 252. The van der Waals surface area contributed by atoms with Crippen molar-refractivity contribution in [3.05, 3.63) is 0 Å². The molecule has 0 radical (unpaired) electrons. The van der Waals surface area contributed by atoms with E-state index in [0.29, 0.717) is 19.6 Å². The molecule has 0 aliphatic rings. The third kappa shape index (κ3) is 6.28. The molecule has 0 N–H and O–H groups in total. The maximum absolute atomic E-state index is 11.8. The molecule has 0 bridgehead atoms. The molecule has 0 aromatic carbocycles. The summed E-state index contributed by atoms with van der Waals surface area (Å²) < 4.78 is 20.1. The molecule has 0 heterocycles. The largest absolute Gasteiger partial charge is 0.465 e. The maximum atomic E-state index is 11.8. The van der Waals surface area contributed by atoms with Gasteiger partial charge in [-0.2, -0.15) is 0 Å². The van der Waals surface area contributed by atoms with Crippen LogP contribution in [0.5, 0.6) is 0 Å². The Kier molecular flexibility index (Phi) is 9.83. The van der Waals surface area contributed by atoms with Crippen LogP contribution in [-0.2, 0) is 27.9 Å². The van der Waals surface area contributed by atoms with Crippen LogP contribution in [0.1, 0.15) is 34.1 Å². The lowest BCUT2D eigenvalue weighted by Gasteiger charge is -2.17. The van der Waals surface area contributed by atoms with Crippen LogP contribution < -0.4 is 0 Å². The van der Waals surface area contributed by atoms with Crippen molar-refractivity contribution in [1.29, 1.82) is 0 Å². The SMILES string of the molecule is CCOC(=O)C(CC)C(=O)OP(OCC)OCC. The molecule has 0 amide bonds. The molecule has 0 aromatic rings. The third-order valence-corrected chi connectivity index (χ3v) is 3.16. The topological polar surface area (TPSA) is 71.1 Å². The van der Waals surface area contributed by atoms with Crippen LogP contribution in [0.3, 0.4) is 0 Å². The van der Waals surface area contributed by atoms with E-state index >= 15 is 0 Å². The van der Waals surface area contributed by atoms with Crippen LogP contribution in [0.25, 0.3) is 0 Å². The van der Waals surface area contributed by atoms with Gasteiger partial charge in [-0.25, -0.2) is 0 Å². The van der Waals surface area contributed by atoms with E-state index in [-0.39, 0.29) is 6.61 Å². The average molecular weight is 280 g/mol. The highest BCUT2D eigenvalue weighted by atomic mass is 31.2. The molecule has 0 aliphatic heterocycles. The molecule has 6 nitrogen and oxygen atoms in total. The first-order chi connectivity index (χ1) is 8.60. The molecule has 0 saturated carbocycles. The van der Waals surface area contributed by atoms with E-state index in [1.54, 1.807) is 27.7 Å². The second-order valence-corrected chi connectivity index (χ2v) is 4.33. The van der Waals surface area contributed by atoms with Crippen molar-refractivity contribution in [2.45, 2.75) is 34.1 Å². The van der Waals surface area contributed by atoms with Gasteiger partial charge in [-0.1, -0.05) is 6.92 Å². The van der Waals surface area contributed by atoms with Crippen LogP contribution >= 0.6 is 8.60 Å². The summed E-state index contributed by atoms with van der Waals surface area (Å²) in [7, 11) is -1.73. The number of rotatable bonds is 9. The summed E-state index contributed by atoms with van der Waals surface area (Å²) in [6.07, 6.45) is 0.319. The Labute approximate surface area is 109 Å². The molecule has 0 spiro atoms. The highest BCUT2D eigenvalue weighted by Gasteiger charge is 2.31. The van der Waals surface area contributed by atoms with Crippen molar-refractivity contribution in [1.82, 2.24) is 0 Å². The van der Waals surface area contributed by atoms with Gasteiger partial charge in [-0.05, 0) is 27.2 Å². The Morgan fingerprint density at radius 3 is 1.89 bits per heavy atom. The fourth-order valence-corrected chi connectivity index (χ4v) is 1.99. The van der Waals surface area contributed by atoms with Crippen molar-refractivity contribution in [3.63, 3.8) is 0 Å². The van der Waals surface area contributed by atoms with E-state index in [9.17, 15) is 9.59 Å². The molecule has 0 saturated heterocycles. The zero-order valence-electron chi connectivity index (χ0n) is 11.3. The van der Waals surface area contributed by atoms with Gasteiger partial charge in [0.15, 0.2) is 5.92 Å². The van der Waals surface area contributed by atoms with Crippen LogP contribution in [0, 0.1) is 5.92 Å². The second-order valence-electron chi connectivity index (χ2n) is 3.18. The van der Waals surface area contributed by atoms with Gasteiger partial charge in [-0.3, -0.25) is 9.59 Å². The van der Waals surface area contributed by atoms with Crippen molar-refractivity contribution in [2.75, 3.05) is 19.8 Å². The van der Waals surface area contributed by atoms with Crippen molar-refractivity contribution >= 4 is 20.5 Å². The fourth-order valence-electron chi connectivity index (χ4n) is 1.11. The van der Waals surface area contributed by atoms with Crippen LogP contribution in [0.2, 0.25) is 0 Å². The molecule has 1 atom stereocenters. The van der Waals surface area contributed by atoms with E-state index in [0.717, 1.165) is 0 Å². The minimum atomic E-state index is -1.73. The summed E-state index contributed by atoms with van der Waals surface area (Å²) in [6, 6.07) is 0. The number of hydrogen-bond acceptors (Lipinski definition) is 6. The molecule has 106 valence electrons. The number of ether oxygens (including phenoxy) is 1. The molecular formula is C11H21O6P. The summed E-state index contributed by atoms with van der Waals surface area (Å²) in [5.74, 6) is -2.16. The van der Waals surface area contributed by atoms with Crippen LogP contribution in [-0.4, -0.2) is 31.8 Å². The highest BCUT2D eigenvalue weighted by molar-refractivity contribution is 7.42. The van der Waals surface area contributed by atoms with Gasteiger partial charge in [0.1, 0.15) is 0 Å². The number of carbonyl (C=O) groups is 2. The lowest BCUT2D eigenvalue weighted by atomic mass is 10.1. The first-order valence-corrected chi connectivity index (χ1v) is 7.14. The maximum Gasteiger partial charge on any atom is 0.399 e. The van der Waals surface area contributed by atoms with Crippen molar-refractivity contribution in [3.8, 4) is 0 Å². The van der Waals surface area contributed by atoms with Crippen molar-refractivity contribution < 1.29 is 27.9 Å². The van der Waals surface area contributed by atoms with E-state index in [1.165, 1.54) is 0 Å². The zero-order valence-corrected chi connectivity index (χ0v) is 12.2. The predicted molar refractivity (Wildman–Crippen MR) is 66.7 cm³/mol. The summed E-state index contributed by atoms with van der Waals surface area (Å²) in [5, 5.41) is 0. The van der Waals surface area contributed by atoms with Gasteiger partial charge < -0.3 is 18.3 Å². The average Bonchev–Trinajstić information content (AvgIpc) is 2.30.